The van der Waals surface area contributed by atoms with Crippen LogP contribution in [-0.2, 0) is 0 Å². The van der Waals surface area contributed by atoms with Crippen molar-refractivity contribution in [1.82, 2.24) is 24.6 Å². The SMILES string of the molecule is Cc1ccn2c(-c3nccnc3N)nnc2c1. The topological polar surface area (TPSA) is 82.0 Å². The summed E-state index contributed by atoms with van der Waals surface area (Å²) in [7, 11) is 0. The molecule has 3 aromatic heterocycles. The predicted molar refractivity (Wildman–Crippen MR) is 63.2 cm³/mol. The van der Waals surface area contributed by atoms with Crippen LogP contribution in [0.5, 0.6) is 0 Å². The maximum atomic E-state index is 5.78. The second-order valence-corrected chi connectivity index (χ2v) is 3.75. The highest BCUT2D eigenvalue weighted by Crippen LogP contribution is 2.20. The summed E-state index contributed by atoms with van der Waals surface area (Å²) in [5, 5.41) is 8.18. The number of aromatic nitrogens is 5. The van der Waals surface area contributed by atoms with Crippen LogP contribution >= 0.6 is 0 Å². The molecule has 0 fully saturated rings. The van der Waals surface area contributed by atoms with Crippen LogP contribution in [0.3, 0.4) is 0 Å². The molecule has 0 bridgehead atoms. The highest BCUT2D eigenvalue weighted by Gasteiger charge is 2.12. The number of nitrogen functional groups attached to an aromatic ring is 1. The van der Waals surface area contributed by atoms with Gasteiger partial charge in [0, 0.05) is 18.6 Å². The summed E-state index contributed by atoms with van der Waals surface area (Å²) in [6.07, 6.45) is 5.03. The van der Waals surface area contributed by atoms with E-state index in [0.29, 0.717) is 17.3 Å². The van der Waals surface area contributed by atoms with Gasteiger partial charge in [-0.25, -0.2) is 9.97 Å². The van der Waals surface area contributed by atoms with Crippen molar-refractivity contribution in [1.29, 1.82) is 0 Å². The van der Waals surface area contributed by atoms with Gasteiger partial charge in [-0.1, -0.05) is 0 Å². The molecule has 3 aromatic rings. The van der Waals surface area contributed by atoms with E-state index in [-0.39, 0.29) is 0 Å². The van der Waals surface area contributed by atoms with Gasteiger partial charge in [0.05, 0.1) is 0 Å². The van der Waals surface area contributed by atoms with Gasteiger partial charge < -0.3 is 5.73 Å². The van der Waals surface area contributed by atoms with E-state index in [1.165, 1.54) is 0 Å². The second-order valence-electron chi connectivity index (χ2n) is 3.75. The predicted octanol–water partition coefficient (Wildman–Crippen LogP) is 1.08. The Morgan fingerprint density at radius 1 is 1.18 bits per heavy atom. The smallest absolute Gasteiger partial charge is 0.190 e. The number of nitrogens with zero attached hydrogens (tertiary/aromatic N) is 5. The molecule has 0 unspecified atom stereocenters. The number of aryl methyl sites for hydroxylation is 1. The zero-order chi connectivity index (χ0) is 11.8. The minimum absolute atomic E-state index is 0.349. The molecule has 3 heterocycles. The normalized spacial score (nSPS) is 10.9. The van der Waals surface area contributed by atoms with E-state index in [2.05, 4.69) is 20.2 Å². The fourth-order valence-electron chi connectivity index (χ4n) is 1.68. The minimum atomic E-state index is 0.349. The van der Waals surface area contributed by atoms with Gasteiger partial charge in [0.15, 0.2) is 23.0 Å². The summed E-state index contributed by atoms with van der Waals surface area (Å²) in [6.45, 7) is 2.00. The lowest BCUT2D eigenvalue weighted by molar-refractivity contribution is 1.08. The third kappa shape index (κ3) is 1.50. The van der Waals surface area contributed by atoms with Crippen molar-refractivity contribution >= 4 is 11.5 Å². The van der Waals surface area contributed by atoms with Gasteiger partial charge in [0.2, 0.25) is 0 Å². The van der Waals surface area contributed by atoms with Crippen molar-refractivity contribution in [2.24, 2.45) is 0 Å². The van der Waals surface area contributed by atoms with Crippen LogP contribution in [0.25, 0.3) is 17.2 Å². The van der Waals surface area contributed by atoms with E-state index >= 15 is 0 Å². The first-order valence-electron chi connectivity index (χ1n) is 5.14. The molecule has 0 aliphatic rings. The second kappa shape index (κ2) is 3.51. The van der Waals surface area contributed by atoms with Gasteiger partial charge in [-0.15, -0.1) is 10.2 Å². The number of anilines is 1. The highest BCUT2D eigenvalue weighted by atomic mass is 15.3. The molecular formula is C11H10N6. The maximum Gasteiger partial charge on any atom is 0.190 e. The van der Waals surface area contributed by atoms with E-state index in [1.807, 2.05) is 29.7 Å². The molecule has 6 nitrogen and oxygen atoms in total. The molecule has 84 valence electrons. The third-order valence-electron chi connectivity index (χ3n) is 2.50. The molecule has 0 aromatic carbocycles. The number of pyridine rings is 1. The van der Waals surface area contributed by atoms with Gasteiger partial charge in [-0.05, 0) is 24.6 Å². The lowest BCUT2D eigenvalue weighted by Gasteiger charge is -2.01. The number of fused-ring (bicyclic) bond motifs is 1. The van der Waals surface area contributed by atoms with Gasteiger partial charge >= 0.3 is 0 Å². The summed E-state index contributed by atoms with van der Waals surface area (Å²) >= 11 is 0. The Labute approximate surface area is 97.2 Å². The molecule has 2 N–H and O–H groups in total. The molecular weight excluding hydrogens is 216 g/mol. The van der Waals surface area contributed by atoms with Crippen LogP contribution in [0.1, 0.15) is 5.56 Å². The molecule has 0 aliphatic heterocycles. The zero-order valence-corrected chi connectivity index (χ0v) is 9.20. The fourth-order valence-corrected chi connectivity index (χ4v) is 1.68. The first-order valence-corrected chi connectivity index (χ1v) is 5.14. The average molecular weight is 226 g/mol. The van der Waals surface area contributed by atoms with E-state index in [4.69, 9.17) is 5.73 Å². The van der Waals surface area contributed by atoms with Crippen LogP contribution in [0.4, 0.5) is 5.82 Å². The van der Waals surface area contributed by atoms with E-state index < -0.39 is 0 Å². The molecule has 3 rings (SSSR count). The van der Waals surface area contributed by atoms with E-state index in [1.54, 1.807) is 12.4 Å². The molecule has 0 atom stereocenters. The number of hydrogen-bond acceptors (Lipinski definition) is 5. The fraction of sp³-hybridized carbons (Fsp3) is 0.0909. The Hall–Kier alpha value is -2.50. The number of nitrogens with two attached hydrogens (primary N) is 1. The van der Waals surface area contributed by atoms with Gasteiger partial charge in [0.1, 0.15) is 0 Å². The Bertz CT molecular complexity index is 687. The largest absolute Gasteiger partial charge is 0.382 e. The summed E-state index contributed by atoms with van der Waals surface area (Å²) in [5.41, 5.74) is 8.22. The molecule has 0 saturated carbocycles. The zero-order valence-electron chi connectivity index (χ0n) is 9.20. The molecule has 0 radical (unpaired) electrons. The van der Waals surface area contributed by atoms with Crippen LogP contribution < -0.4 is 5.73 Å². The van der Waals surface area contributed by atoms with Crippen molar-refractivity contribution in [2.45, 2.75) is 6.92 Å². The van der Waals surface area contributed by atoms with Gasteiger partial charge in [-0.3, -0.25) is 4.40 Å². The van der Waals surface area contributed by atoms with E-state index in [9.17, 15) is 0 Å². The lowest BCUT2D eigenvalue weighted by Crippen LogP contribution is -1.99. The Kier molecular flexibility index (Phi) is 2.01. The van der Waals surface area contributed by atoms with Crippen molar-refractivity contribution in [3.63, 3.8) is 0 Å². The molecule has 6 heteroatoms. The van der Waals surface area contributed by atoms with Gasteiger partial charge in [-0.2, -0.15) is 0 Å². The molecule has 0 aliphatic carbocycles. The molecule has 0 spiro atoms. The standard InChI is InChI=1S/C11H10N6/c1-7-2-5-17-8(6-7)15-16-11(17)9-10(12)14-4-3-13-9/h2-6H,1H3,(H2,12,14). The lowest BCUT2D eigenvalue weighted by atomic mass is 10.3. The number of hydrogen-bond donors (Lipinski definition) is 1. The Balaban J connectivity index is 2.29. The van der Waals surface area contributed by atoms with Crippen LogP contribution in [0.2, 0.25) is 0 Å². The van der Waals surface area contributed by atoms with Gasteiger partial charge in [0.25, 0.3) is 0 Å². The molecule has 17 heavy (non-hydrogen) atoms. The Morgan fingerprint density at radius 3 is 2.82 bits per heavy atom. The summed E-state index contributed by atoms with van der Waals surface area (Å²) in [6, 6.07) is 3.93. The van der Waals surface area contributed by atoms with Crippen LogP contribution in [-0.4, -0.2) is 24.6 Å². The van der Waals surface area contributed by atoms with Crippen molar-refractivity contribution in [3.05, 3.63) is 36.3 Å². The van der Waals surface area contributed by atoms with E-state index in [0.717, 1.165) is 11.2 Å². The third-order valence-corrected chi connectivity index (χ3v) is 2.50. The highest BCUT2D eigenvalue weighted by molar-refractivity contribution is 5.65. The first kappa shape index (κ1) is 9.71. The summed E-state index contributed by atoms with van der Waals surface area (Å²) < 4.78 is 1.84. The number of rotatable bonds is 1. The van der Waals surface area contributed by atoms with Crippen molar-refractivity contribution < 1.29 is 0 Å². The molecule has 0 saturated heterocycles. The van der Waals surface area contributed by atoms with Crippen molar-refractivity contribution in [2.75, 3.05) is 5.73 Å². The van der Waals surface area contributed by atoms with Crippen LogP contribution in [0, 0.1) is 6.92 Å². The van der Waals surface area contributed by atoms with Crippen molar-refractivity contribution in [3.8, 4) is 11.5 Å². The Morgan fingerprint density at radius 2 is 2.00 bits per heavy atom. The minimum Gasteiger partial charge on any atom is -0.382 e. The monoisotopic (exact) mass is 226 g/mol. The quantitative estimate of drug-likeness (QED) is 0.671. The summed E-state index contributed by atoms with van der Waals surface area (Å²) in [4.78, 5) is 8.18. The maximum absolute atomic E-state index is 5.78. The molecule has 0 amide bonds. The summed E-state index contributed by atoms with van der Waals surface area (Å²) in [5.74, 6) is 0.952. The van der Waals surface area contributed by atoms with Crippen LogP contribution in [0.15, 0.2) is 30.7 Å². The first-order chi connectivity index (χ1) is 8.25. The average Bonchev–Trinajstić information content (AvgIpc) is 2.72.